The van der Waals surface area contributed by atoms with Crippen LogP contribution in [0.25, 0.3) is 0 Å². The molecule has 0 saturated heterocycles. The van der Waals surface area contributed by atoms with Gasteiger partial charge in [0.2, 0.25) is 0 Å². The summed E-state index contributed by atoms with van der Waals surface area (Å²) in [5, 5.41) is 3.84. The normalized spacial score (nSPS) is 12.0. The van der Waals surface area contributed by atoms with Gasteiger partial charge in [-0.15, -0.1) is 0 Å². The molecule has 0 amide bonds. The summed E-state index contributed by atoms with van der Waals surface area (Å²) >= 11 is 0. The van der Waals surface area contributed by atoms with Gasteiger partial charge >= 0.3 is 11.9 Å². The quantitative estimate of drug-likeness (QED) is 0.761. The fraction of sp³-hybridized carbons (Fsp3) is 0.400. The van der Waals surface area contributed by atoms with Crippen LogP contribution in [-0.2, 0) is 11.2 Å². The van der Waals surface area contributed by atoms with E-state index in [0.29, 0.717) is 5.82 Å². The second kappa shape index (κ2) is 6.88. The molecule has 1 aromatic heterocycles. The van der Waals surface area contributed by atoms with E-state index in [2.05, 4.69) is 10.1 Å². The molecule has 0 saturated carbocycles. The molecule has 1 aromatic carbocycles. The van der Waals surface area contributed by atoms with Crippen LogP contribution < -0.4 is 4.74 Å². The summed E-state index contributed by atoms with van der Waals surface area (Å²) in [7, 11) is 1.63. The van der Waals surface area contributed by atoms with Crippen molar-refractivity contribution in [3.63, 3.8) is 0 Å². The van der Waals surface area contributed by atoms with Crippen molar-refractivity contribution < 1.29 is 18.8 Å². The second-order valence-electron chi connectivity index (χ2n) is 4.63. The molecule has 0 aliphatic carbocycles. The van der Waals surface area contributed by atoms with Crippen LogP contribution in [0.4, 0.5) is 0 Å². The van der Waals surface area contributed by atoms with E-state index in [1.54, 1.807) is 14.0 Å². The molecular formula is C15H18N2O4. The highest BCUT2D eigenvalue weighted by Gasteiger charge is 2.19. The summed E-state index contributed by atoms with van der Waals surface area (Å²) in [4.78, 5) is 15.6. The first-order valence-electron chi connectivity index (χ1n) is 6.77. The van der Waals surface area contributed by atoms with Crippen molar-refractivity contribution in [3.8, 4) is 5.75 Å². The summed E-state index contributed by atoms with van der Waals surface area (Å²) in [5.41, 5.74) is 1.13. The molecule has 6 nitrogen and oxygen atoms in total. The minimum atomic E-state index is -0.590. The molecular weight excluding hydrogens is 272 g/mol. The van der Waals surface area contributed by atoms with Gasteiger partial charge in [-0.25, -0.2) is 4.79 Å². The van der Waals surface area contributed by atoms with E-state index >= 15 is 0 Å². The molecule has 0 bridgehead atoms. The molecule has 112 valence electrons. The first-order chi connectivity index (χ1) is 10.1. The van der Waals surface area contributed by atoms with Crippen molar-refractivity contribution >= 4 is 5.97 Å². The maximum absolute atomic E-state index is 11.5. The van der Waals surface area contributed by atoms with Gasteiger partial charge in [0.1, 0.15) is 5.75 Å². The van der Waals surface area contributed by atoms with Gasteiger partial charge in [0, 0.05) is 5.92 Å². The highest BCUT2D eigenvalue weighted by atomic mass is 16.6. The average Bonchev–Trinajstić information content (AvgIpc) is 2.98. The van der Waals surface area contributed by atoms with Gasteiger partial charge < -0.3 is 14.0 Å². The Labute approximate surface area is 123 Å². The zero-order chi connectivity index (χ0) is 15.2. The van der Waals surface area contributed by atoms with E-state index in [0.717, 1.165) is 17.7 Å². The number of methoxy groups -OCH3 is 1. The van der Waals surface area contributed by atoms with Crippen LogP contribution in [0.2, 0.25) is 0 Å². The van der Waals surface area contributed by atoms with Crippen molar-refractivity contribution in [2.45, 2.75) is 26.2 Å². The summed E-state index contributed by atoms with van der Waals surface area (Å²) < 4.78 is 14.9. The van der Waals surface area contributed by atoms with E-state index in [1.807, 2.05) is 31.2 Å². The zero-order valence-electron chi connectivity index (χ0n) is 12.3. The number of carbonyl (C=O) groups excluding carboxylic acids is 1. The minimum Gasteiger partial charge on any atom is -0.497 e. The lowest BCUT2D eigenvalue weighted by Gasteiger charge is -2.07. The van der Waals surface area contributed by atoms with E-state index in [9.17, 15) is 4.79 Å². The molecule has 1 unspecified atom stereocenters. The summed E-state index contributed by atoms with van der Waals surface area (Å²) in [5.74, 6) is 0.649. The van der Waals surface area contributed by atoms with Crippen LogP contribution in [0, 0.1) is 0 Å². The average molecular weight is 290 g/mol. The number of esters is 1. The van der Waals surface area contributed by atoms with Gasteiger partial charge in [-0.05, 0) is 31.0 Å². The predicted molar refractivity (Wildman–Crippen MR) is 75.4 cm³/mol. The van der Waals surface area contributed by atoms with Crippen LogP contribution >= 0.6 is 0 Å². The Morgan fingerprint density at radius 1 is 1.33 bits per heavy atom. The Kier molecular flexibility index (Phi) is 4.92. The number of carbonyl (C=O) groups is 1. The van der Waals surface area contributed by atoms with Gasteiger partial charge in [-0.3, -0.25) is 0 Å². The molecule has 21 heavy (non-hydrogen) atoms. The Morgan fingerprint density at radius 2 is 2.05 bits per heavy atom. The Morgan fingerprint density at radius 3 is 2.67 bits per heavy atom. The maximum Gasteiger partial charge on any atom is 0.397 e. The third-order valence-corrected chi connectivity index (χ3v) is 3.03. The Bertz CT molecular complexity index is 592. The number of aromatic nitrogens is 2. The zero-order valence-corrected chi connectivity index (χ0v) is 12.3. The lowest BCUT2D eigenvalue weighted by Crippen LogP contribution is -2.06. The molecule has 0 aliphatic rings. The molecule has 2 rings (SSSR count). The summed E-state index contributed by atoms with van der Waals surface area (Å²) in [6.07, 6.45) is 0.742. The van der Waals surface area contributed by atoms with E-state index < -0.39 is 5.97 Å². The number of hydrogen-bond donors (Lipinski definition) is 0. The van der Waals surface area contributed by atoms with Crippen LogP contribution in [0.5, 0.6) is 5.75 Å². The highest BCUT2D eigenvalue weighted by Crippen LogP contribution is 2.20. The van der Waals surface area contributed by atoms with Crippen molar-refractivity contribution in [1.29, 1.82) is 0 Å². The topological polar surface area (TPSA) is 74.5 Å². The predicted octanol–water partition coefficient (Wildman–Crippen LogP) is 2.60. The monoisotopic (exact) mass is 290 g/mol. The second-order valence-corrected chi connectivity index (χ2v) is 4.63. The van der Waals surface area contributed by atoms with Crippen molar-refractivity contribution in [2.24, 2.45) is 0 Å². The Balaban J connectivity index is 2.02. The smallest absolute Gasteiger partial charge is 0.397 e. The molecule has 1 heterocycles. The molecule has 0 spiro atoms. The SMILES string of the molecule is CCOC(=O)c1nc(C(C)Cc2ccc(OC)cc2)no1. The Hall–Kier alpha value is -2.37. The fourth-order valence-corrected chi connectivity index (χ4v) is 1.92. The molecule has 1 atom stereocenters. The molecule has 0 N–H and O–H groups in total. The number of benzene rings is 1. The van der Waals surface area contributed by atoms with Crippen molar-refractivity contribution in [2.75, 3.05) is 13.7 Å². The molecule has 0 radical (unpaired) electrons. The van der Waals surface area contributed by atoms with E-state index in [-0.39, 0.29) is 18.4 Å². The van der Waals surface area contributed by atoms with Crippen molar-refractivity contribution in [1.82, 2.24) is 10.1 Å². The number of ether oxygens (including phenoxy) is 2. The van der Waals surface area contributed by atoms with Gasteiger partial charge in [0.15, 0.2) is 5.82 Å². The lowest BCUT2D eigenvalue weighted by atomic mass is 10.0. The number of nitrogens with zero attached hydrogens (tertiary/aromatic N) is 2. The van der Waals surface area contributed by atoms with Crippen molar-refractivity contribution in [3.05, 3.63) is 41.5 Å². The summed E-state index contributed by atoms with van der Waals surface area (Å²) in [6, 6.07) is 7.79. The first-order valence-corrected chi connectivity index (χ1v) is 6.77. The lowest BCUT2D eigenvalue weighted by molar-refractivity contribution is 0.0470. The molecule has 0 fully saturated rings. The minimum absolute atomic E-state index is 0.0327. The number of rotatable bonds is 6. The van der Waals surface area contributed by atoms with Gasteiger partial charge in [-0.1, -0.05) is 24.2 Å². The summed E-state index contributed by atoms with van der Waals surface area (Å²) in [6.45, 7) is 3.98. The van der Waals surface area contributed by atoms with E-state index in [1.165, 1.54) is 0 Å². The standard InChI is InChI=1S/C15H18N2O4/c1-4-20-15(18)14-16-13(17-21-14)10(2)9-11-5-7-12(19-3)8-6-11/h5-8,10H,4,9H2,1-3H3. The van der Waals surface area contributed by atoms with Crippen LogP contribution in [-0.4, -0.2) is 29.8 Å². The van der Waals surface area contributed by atoms with Gasteiger partial charge in [0.05, 0.1) is 13.7 Å². The van der Waals surface area contributed by atoms with Gasteiger partial charge in [0.25, 0.3) is 0 Å². The first kappa shape index (κ1) is 15.0. The van der Waals surface area contributed by atoms with Gasteiger partial charge in [-0.2, -0.15) is 4.98 Å². The fourth-order valence-electron chi connectivity index (χ4n) is 1.92. The van der Waals surface area contributed by atoms with E-state index in [4.69, 9.17) is 14.0 Å². The maximum atomic E-state index is 11.5. The number of hydrogen-bond acceptors (Lipinski definition) is 6. The highest BCUT2D eigenvalue weighted by molar-refractivity contribution is 5.83. The van der Waals surface area contributed by atoms with Crippen LogP contribution in [0.3, 0.4) is 0 Å². The molecule has 6 heteroatoms. The largest absolute Gasteiger partial charge is 0.497 e. The molecule has 0 aliphatic heterocycles. The van der Waals surface area contributed by atoms with Crippen LogP contribution in [0.15, 0.2) is 28.8 Å². The van der Waals surface area contributed by atoms with Crippen LogP contribution in [0.1, 0.15) is 41.8 Å². The third kappa shape index (κ3) is 3.81. The third-order valence-electron chi connectivity index (χ3n) is 3.03. The molecule has 2 aromatic rings.